The van der Waals surface area contributed by atoms with Crippen molar-refractivity contribution in [3.8, 4) is 11.5 Å². The van der Waals surface area contributed by atoms with Crippen molar-refractivity contribution in [1.29, 1.82) is 0 Å². The minimum Gasteiger partial charge on any atom is -0.338 e. The zero-order valence-electron chi connectivity index (χ0n) is 15.2. The summed E-state index contributed by atoms with van der Waals surface area (Å²) in [5.41, 5.74) is 1.87. The fourth-order valence-corrected chi connectivity index (χ4v) is 4.35. The van der Waals surface area contributed by atoms with Crippen LogP contribution in [-0.2, 0) is 7.05 Å². The average molecular weight is 348 g/mol. The van der Waals surface area contributed by atoms with Crippen molar-refractivity contribution in [2.24, 2.45) is 7.05 Å². The van der Waals surface area contributed by atoms with Crippen LogP contribution in [-0.4, -0.2) is 56.9 Å². The van der Waals surface area contributed by atoms with E-state index in [-0.39, 0.29) is 0 Å². The van der Waals surface area contributed by atoms with Gasteiger partial charge in [-0.15, -0.1) is 10.2 Å². The molecule has 6 nitrogen and oxygen atoms in total. The van der Waals surface area contributed by atoms with E-state index in [0.717, 1.165) is 48.0 Å². The van der Waals surface area contributed by atoms with Crippen LogP contribution < -0.4 is 4.90 Å². The fourth-order valence-electron chi connectivity index (χ4n) is 4.35. The van der Waals surface area contributed by atoms with Crippen molar-refractivity contribution in [1.82, 2.24) is 24.6 Å². The predicted octanol–water partition coefficient (Wildman–Crippen LogP) is 2.70. The van der Waals surface area contributed by atoms with E-state index in [1.54, 1.807) is 0 Å². The maximum Gasteiger partial charge on any atom is 0.227 e. The SMILES string of the molecule is Cn1c(-c2ccc3ccccc3n2)nnc1N1CCN2CCCCC2C1. The van der Waals surface area contributed by atoms with Crippen LogP contribution in [0.25, 0.3) is 22.4 Å². The van der Waals surface area contributed by atoms with Gasteiger partial charge < -0.3 is 4.90 Å². The highest BCUT2D eigenvalue weighted by Gasteiger charge is 2.31. The molecule has 1 unspecified atom stereocenters. The van der Waals surface area contributed by atoms with Gasteiger partial charge in [0, 0.05) is 38.1 Å². The second-order valence-electron chi connectivity index (χ2n) is 7.40. The molecule has 134 valence electrons. The van der Waals surface area contributed by atoms with Gasteiger partial charge >= 0.3 is 0 Å². The number of rotatable bonds is 2. The van der Waals surface area contributed by atoms with Gasteiger partial charge in [-0.3, -0.25) is 9.47 Å². The summed E-state index contributed by atoms with van der Waals surface area (Å²) in [7, 11) is 2.05. The first-order chi connectivity index (χ1) is 12.8. The van der Waals surface area contributed by atoms with Crippen LogP contribution in [0, 0.1) is 0 Å². The summed E-state index contributed by atoms with van der Waals surface area (Å²) < 4.78 is 2.09. The average Bonchev–Trinajstić information content (AvgIpc) is 3.08. The Kier molecular flexibility index (Phi) is 3.85. The molecule has 6 heteroatoms. The van der Waals surface area contributed by atoms with Gasteiger partial charge in [-0.1, -0.05) is 30.7 Å². The smallest absolute Gasteiger partial charge is 0.227 e. The molecule has 5 rings (SSSR count). The lowest BCUT2D eigenvalue weighted by molar-refractivity contribution is 0.132. The first-order valence-corrected chi connectivity index (χ1v) is 9.54. The van der Waals surface area contributed by atoms with E-state index in [0.29, 0.717) is 6.04 Å². The van der Waals surface area contributed by atoms with Crippen LogP contribution in [0.3, 0.4) is 0 Å². The molecule has 0 amide bonds. The third-order valence-electron chi connectivity index (χ3n) is 5.80. The number of aromatic nitrogens is 4. The summed E-state index contributed by atoms with van der Waals surface area (Å²) in [6.07, 6.45) is 3.99. The summed E-state index contributed by atoms with van der Waals surface area (Å²) >= 11 is 0. The molecular formula is C20H24N6. The number of fused-ring (bicyclic) bond motifs is 2. The first kappa shape index (κ1) is 15.8. The van der Waals surface area contributed by atoms with Crippen LogP contribution in [0.5, 0.6) is 0 Å². The summed E-state index contributed by atoms with van der Waals surface area (Å²) in [4.78, 5) is 9.81. The van der Waals surface area contributed by atoms with Gasteiger partial charge in [0.2, 0.25) is 5.95 Å². The highest BCUT2D eigenvalue weighted by atomic mass is 15.4. The minimum absolute atomic E-state index is 0.663. The Morgan fingerprint density at radius 1 is 0.962 bits per heavy atom. The van der Waals surface area contributed by atoms with Gasteiger partial charge in [-0.05, 0) is 31.5 Å². The Bertz CT molecular complexity index is 933. The van der Waals surface area contributed by atoms with Crippen LogP contribution in [0.2, 0.25) is 0 Å². The van der Waals surface area contributed by atoms with E-state index in [1.807, 2.05) is 24.3 Å². The number of benzene rings is 1. The Hall–Kier alpha value is -2.47. The molecule has 1 aromatic carbocycles. The molecule has 2 aliphatic rings. The van der Waals surface area contributed by atoms with Crippen molar-refractivity contribution in [2.45, 2.75) is 25.3 Å². The number of piperidine rings is 1. The van der Waals surface area contributed by atoms with Crippen molar-refractivity contribution >= 4 is 16.9 Å². The Balaban J connectivity index is 1.44. The molecule has 0 radical (unpaired) electrons. The van der Waals surface area contributed by atoms with Crippen LogP contribution in [0.1, 0.15) is 19.3 Å². The molecule has 0 spiro atoms. The largest absolute Gasteiger partial charge is 0.338 e. The second-order valence-corrected chi connectivity index (χ2v) is 7.40. The molecule has 2 aromatic heterocycles. The number of nitrogens with zero attached hydrogens (tertiary/aromatic N) is 6. The molecule has 0 bridgehead atoms. The van der Waals surface area contributed by atoms with Gasteiger partial charge in [0.15, 0.2) is 5.82 Å². The Labute approximate surface area is 153 Å². The maximum atomic E-state index is 4.78. The zero-order valence-corrected chi connectivity index (χ0v) is 15.2. The van der Waals surface area contributed by atoms with E-state index in [1.165, 1.54) is 25.8 Å². The molecule has 0 saturated carbocycles. The van der Waals surface area contributed by atoms with Crippen molar-refractivity contribution < 1.29 is 0 Å². The number of para-hydroxylation sites is 1. The lowest BCUT2D eigenvalue weighted by Crippen LogP contribution is -2.55. The topological polar surface area (TPSA) is 50.1 Å². The Morgan fingerprint density at radius 2 is 1.88 bits per heavy atom. The van der Waals surface area contributed by atoms with E-state index in [2.05, 4.69) is 43.7 Å². The lowest BCUT2D eigenvalue weighted by Gasteiger charge is -2.44. The quantitative estimate of drug-likeness (QED) is 0.713. The maximum absolute atomic E-state index is 4.78. The Morgan fingerprint density at radius 3 is 2.85 bits per heavy atom. The standard InChI is InChI=1S/C20H24N6/c1-24-19(18-10-9-15-6-2-3-8-17(15)21-18)22-23-20(24)26-13-12-25-11-5-4-7-16(25)14-26/h2-3,6,8-10,16H,4-5,7,11-14H2,1H3. The van der Waals surface area contributed by atoms with Crippen molar-refractivity contribution in [3.05, 3.63) is 36.4 Å². The van der Waals surface area contributed by atoms with Crippen LogP contribution in [0.4, 0.5) is 5.95 Å². The van der Waals surface area contributed by atoms with Crippen LogP contribution >= 0.6 is 0 Å². The number of anilines is 1. The monoisotopic (exact) mass is 348 g/mol. The summed E-state index contributed by atoms with van der Waals surface area (Å²) in [6, 6.07) is 13.0. The number of piperazine rings is 1. The predicted molar refractivity (Wildman–Crippen MR) is 103 cm³/mol. The summed E-state index contributed by atoms with van der Waals surface area (Å²) in [6.45, 7) is 4.45. The molecule has 0 aliphatic carbocycles. The molecular weight excluding hydrogens is 324 g/mol. The van der Waals surface area contributed by atoms with Crippen LogP contribution in [0.15, 0.2) is 36.4 Å². The zero-order chi connectivity index (χ0) is 17.5. The first-order valence-electron chi connectivity index (χ1n) is 9.54. The molecule has 0 N–H and O–H groups in total. The minimum atomic E-state index is 0.663. The van der Waals surface area contributed by atoms with E-state index >= 15 is 0 Å². The lowest BCUT2D eigenvalue weighted by atomic mass is 10.00. The van der Waals surface area contributed by atoms with Gasteiger partial charge in [0.25, 0.3) is 0 Å². The van der Waals surface area contributed by atoms with E-state index in [4.69, 9.17) is 4.98 Å². The number of hydrogen-bond acceptors (Lipinski definition) is 5. The van der Waals surface area contributed by atoms with E-state index in [9.17, 15) is 0 Å². The summed E-state index contributed by atoms with van der Waals surface area (Å²) in [5.74, 6) is 1.79. The molecule has 2 saturated heterocycles. The number of pyridine rings is 1. The molecule has 2 fully saturated rings. The highest BCUT2D eigenvalue weighted by Crippen LogP contribution is 2.26. The van der Waals surface area contributed by atoms with Crippen molar-refractivity contribution in [2.75, 3.05) is 31.1 Å². The third-order valence-corrected chi connectivity index (χ3v) is 5.80. The fraction of sp³-hybridized carbons (Fsp3) is 0.450. The number of hydrogen-bond donors (Lipinski definition) is 0. The van der Waals surface area contributed by atoms with Crippen molar-refractivity contribution in [3.63, 3.8) is 0 Å². The highest BCUT2D eigenvalue weighted by molar-refractivity contribution is 5.80. The second kappa shape index (κ2) is 6.36. The van der Waals surface area contributed by atoms with E-state index < -0.39 is 0 Å². The molecule has 26 heavy (non-hydrogen) atoms. The summed E-state index contributed by atoms with van der Waals surface area (Å²) in [5, 5.41) is 10.1. The van der Waals surface area contributed by atoms with Gasteiger partial charge in [-0.25, -0.2) is 4.98 Å². The third kappa shape index (κ3) is 2.65. The van der Waals surface area contributed by atoms with Gasteiger partial charge in [-0.2, -0.15) is 0 Å². The van der Waals surface area contributed by atoms with Gasteiger partial charge in [0.05, 0.1) is 5.52 Å². The molecule has 2 aliphatic heterocycles. The normalized spacial score (nSPS) is 21.1. The van der Waals surface area contributed by atoms with Gasteiger partial charge in [0.1, 0.15) is 5.69 Å². The molecule has 1 atom stereocenters. The molecule has 4 heterocycles. The molecule has 3 aromatic rings.